The number of nitrogens with zero attached hydrogens (tertiary/aromatic N) is 1. The molecule has 0 amide bonds. The number of benzene rings is 2. The van der Waals surface area contributed by atoms with Crippen LogP contribution in [0.1, 0.15) is 13.8 Å². The number of anilines is 2. The third-order valence-electron chi connectivity index (χ3n) is 2.70. The third kappa shape index (κ3) is 6.13. The SMILES string of the molecule is CCOc1ccc(N)c([N+](=O)[O-])c1.CCOc1ccc(N)cc1. The molecule has 0 aliphatic carbocycles. The van der Waals surface area contributed by atoms with Gasteiger partial charge in [-0.3, -0.25) is 10.1 Å². The van der Waals surface area contributed by atoms with E-state index in [0.29, 0.717) is 19.0 Å². The molecule has 0 spiro atoms. The van der Waals surface area contributed by atoms with E-state index in [9.17, 15) is 10.1 Å². The molecule has 0 atom stereocenters. The fourth-order valence-electron chi connectivity index (χ4n) is 1.67. The van der Waals surface area contributed by atoms with E-state index in [0.717, 1.165) is 11.4 Å². The molecule has 0 fully saturated rings. The zero-order valence-corrected chi connectivity index (χ0v) is 13.2. The maximum atomic E-state index is 10.4. The van der Waals surface area contributed by atoms with Gasteiger partial charge in [0.1, 0.15) is 17.2 Å². The second kappa shape index (κ2) is 9.14. The van der Waals surface area contributed by atoms with Crippen LogP contribution in [0.5, 0.6) is 11.5 Å². The van der Waals surface area contributed by atoms with Gasteiger partial charge in [0.15, 0.2) is 0 Å². The van der Waals surface area contributed by atoms with E-state index in [2.05, 4.69) is 0 Å². The molecule has 2 aromatic carbocycles. The lowest BCUT2D eigenvalue weighted by Crippen LogP contribution is -1.97. The van der Waals surface area contributed by atoms with Crippen molar-refractivity contribution >= 4 is 17.1 Å². The van der Waals surface area contributed by atoms with Crippen LogP contribution in [0.25, 0.3) is 0 Å². The molecule has 0 aromatic heterocycles. The van der Waals surface area contributed by atoms with Crippen LogP contribution in [0.2, 0.25) is 0 Å². The summed E-state index contributed by atoms with van der Waals surface area (Å²) >= 11 is 0. The molecular formula is C16H21N3O4. The third-order valence-corrected chi connectivity index (χ3v) is 2.70. The van der Waals surface area contributed by atoms with E-state index in [1.54, 1.807) is 6.07 Å². The minimum Gasteiger partial charge on any atom is -0.494 e. The van der Waals surface area contributed by atoms with Gasteiger partial charge in [-0.15, -0.1) is 0 Å². The molecule has 7 nitrogen and oxygen atoms in total. The zero-order valence-electron chi connectivity index (χ0n) is 13.2. The zero-order chi connectivity index (χ0) is 17.2. The van der Waals surface area contributed by atoms with Gasteiger partial charge in [0, 0.05) is 5.69 Å². The van der Waals surface area contributed by atoms with Crippen molar-refractivity contribution < 1.29 is 14.4 Å². The van der Waals surface area contributed by atoms with E-state index < -0.39 is 4.92 Å². The highest BCUT2D eigenvalue weighted by molar-refractivity contribution is 5.60. The van der Waals surface area contributed by atoms with Crippen molar-refractivity contribution in [2.75, 3.05) is 24.7 Å². The number of nitro groups is 1. The lowest BCUT2D eigenvalue weighted by molar-refractivity contribution is -0.384. The van der Waals surface area contributed by atoms with Crippen molar-refractivity contribution in [2.45, 2.75) is 13.8 Å². The van der Waals surface area contributed by atoms with E-state index in [1.807, 2.05) is 38.1 Å². The average molecular weight is 319 g/mol. The number of nitro benzene ring substituents is 1. The predicted octanol–water partition coefficient (Wildman–Crippen LogP) is 3.24. The fourth-order valence-corrected chi connectivity index (χ4v) is 1.67. The topological polar surface area (TPSA) is 114 Å². The Morgan fingerprint density at radius 3 is 2.00 bits per heavy atom. The largest absolute Gasteiger partial charge is 0.494 e. The van der Waals surface area contributed by atoms with E-state index in [-0.39, 0.29) is 11.4 Å². The van der Waals surface area contributed by atoms with Gasteiger partial charge in [-0.1, -0.05) is 0 Å². The second-order valence-corrected chi connectivity index (χ2v) is 4.41. The Hall–Kier alpha value is -2.96. The van der Waals surface area contributed by atoms with Gasteiger partial charge in [-0.25, -0.2) is 0 Å². The molecule has 0 aliphatic heterocycles. The minimum absolute atomic E-state index is 0.119. The number of ether oxygens (including phenoxy) is 2. The first-order chi connectivity index (χ1) is 11.0. The van der Waals surface area contributed by atoms with Crippen molar-refractivity contribution in [1.82, 2.24) is 0 Å². The highest BCUT2D eigenvalue weighted by Gasteiger charge is 2.11. The van der Waals surface area contributed by atoms with E-state index in [4.69, 9.17) is 20.9 Å². The quantitative estimate of drug-likeness (QED) is 0.497. The first-order valence-electron chi connectivity index (χ1n) is 7.13. The molecule has 7 heteroatoms. The Morgan fingerprint density at radius 1 is 0.957 bits per heavy atom. The van der Waals surface area contributed by atoms with Gasteiger partial charge in [0.05, 0.1) is 24.2 Å². The van der Waals surface area contributed by atoms with Crippen LogP contribution < -0.4 is 20.9 Å². The van der Waals surface area contributed by atoms with Gasteiger partial charge in [-0.2, -0.15) is 0 Å². The molecule has 0 saturated carbocycles. The van der Waals surface area contributed by atoms with E-state index in [1.165, 1.54) is 12.1 Å². The Balaban J connectivity index is 0.000000238. The maximum absolute atomic E-state index is 10.4. The van der Waals surface area contributed by atoms with Crippen LogP contribution >= 0.6 is 0 Å². The normalized spacial score (nSPS) is 9.48. The Bertz CT molecular complexity index is 630. The molecule has 2 aromatic rings. The molecule has 0 unspecified atom stereocenters. The van der Waals surface area contributed by atoms with Crippen molar-refractivity contribution in [2.24, 2.45) is 0 Å². The Kier molecular flexibility index (Phi) is 7.19. The molecule has 0 aliphatic rings. The van der Waals surface area contributed by atoms with Gasteiger partial charge in [-0.05, 0) is 50.2 Å². The maximum Gasteiger partial charge on any atom is 0.295 e. The summed E-state index contributed by atoms with van der Waals surface area (Å²) < 4.78 is 10.3. The molecule has 2 rings (SSSR count). The lowest BCUT2D eigenvalue weighted by atomic mass is 10.2. The van der Waals surface area contributed by atoms with Gasteiger partial charge < -0.3 is 20.9 Å². The second-order valence-electron chi connectivity index (χ2n) is 4.41. The first-order valence-corrected chi connectivity index (χ1v) is 7.13. The monoisotopic (exact) mass is 319 g/mol. The van der Waals surface area contributed by atoms with Crippen LogP contribution in [-0.4, -0.2) is 18.1 Å². The highest BCUT2D eigenvalue weighted by atomic mass is 16.6. The summed E-state index contributed by atoms with van der Waals surface area (Å²) in [6.45, 7) is 4.93. The summed E-state index contributed by atoms with van der Waals surface area (Å²) in [6, 6.07) is 11.8. The Labute approximate surface area is 135 Å². The molecule has 124 valence electrons. The average Bonchev–Trinajstić information content (AvgIpc) is 2.52. The summed E-state index contributed by atoms with van der Waals surface area (Å²) in [4.78, 5) is 9.92. The van der Waals surface area contributed by atoms with Crippen molar-refractivity contribution in [3.8, 4) is 11.5 Å². The summed E-state index contributed by atoms with van der Waals surface area (Å²) in [5.41, 5.74) is 11.7. The molecule has 0 saturated heterocycles. The molecular weight excluding hydrogens is 298 g/mol. The van der Waals surface area contributed by atoms with Crippen LogP contribution in [0.15, 0.2) is 42.5 Å². The van der Waals surface area contributed by atoms with Crippen molar-refractivity contribution in [1.29, 1.82) is 0 Å². The lowest BCUT2D eigenvalue weighted by Gasteiger charge is -2.03. The van der Waals surface area contributed by atoms with Crippen LogP contribution in [0.3, 0.4) is 0 Å². The molecule has 0 heterocycles. The molecule has 0 radical (unpaired) electrons. The molecule has 4 N–H and O–H groups in total. The summed E-state index contributed by atoms with van der Waals surface area (Å²) in [5, 5.41) is 10.4. The van der Waals surface area contributed by atoms with E-state index >= 15 is 0 Å². The van der Waals surface area contributed by atoms with Crippen molar-refractivity contribution in [3.63, 3.8) is 0 Å². The summed E-state index contributed by atoms with van der Waals surface area (Å²) in [7, 11) is 0. The highest BCUT2D eigenvalue weighted by Crippen LogP contribution is 2.26. The van der Waals surface area contributed by atoms with Gasteiger partial charge in [0.25, 0.3) is 5.69 Å². The van der Waals surface area contributed by atoms with Gasteiger partial charge in [0.2, 0.25) is 0 Å². The van der Waals surface area contributed by atoms with Gasteiger partial charge >= 0.3 is 0 Å². The number of nitrogen functional groups attached to an aromatic ring is 2. The number of hydrogen-bond acceptors (Lipinski definition) is 6. The number of hydrogen-bond donors (Lipinski definition) is 2. The number of rotatable bonds is 5. The van der Waals surface area contributed by atoms with Crippen LogP contribution in [0, 0.1) is 10.1 Å². The standard InChI is InChI=1S/C8H10N2O3.C8H11NO/c1-2-13-6-3-4-7(9)8(5-6)10(11)12;1-2-10-8-5-3-7(9)4-6-8/h3-5H,2,9H2,1H3;3-6H,2,9H2,1H3. The predicted molar refractivity (Wildman–Crippen MR) is 90.7 cm³/mol. The summed E-state index contributed by atoms with van der Waals surface area (Å²) in [5.74, 6) is 1.33. The summed E-state index contributed by atoms with van der Waals surface area (Å²) in [6.07, 6.45) is 0. The number of nitrogens with two attached hydrogens (primary N) is 2. The first kappa shape index (κ1) is 18.1. The Morgan fingerprint density at radius 2 is 1.48 bits per heavy atom. The molecule has 0 bridgehead atoms. The van der Waals surface area contributed by atoms with Crippen LogP contribution in [0.4, 0.5) is 17.1 Å². The minimum atomic E-state index is -0.530. The van der Waals surface area contributed by atoms with Crippen LogP contribution in [-0.2, 0) is 0 Å². The molecule has 23 heavy (non-hydrogen) atoms. The fraction of sp³-hybridized carbons (Fsp3) is 0.250. The van der Waals surface area contributed by atoms with Crippen molar-refractivity contribution in [3.05, 3.63) is 52.6 Å². The smallest absolute Gasteiger partial charge is 0.295 e.